The van der Waals surface area contributed by atoms with Gasteiger partial charge in [-0.1, -0.05) is 11.6 Å². The zero-order valence-corrected chi connectivity index (χ0v) is 12.0. The Balaban J connectivity index is 2.28. The number of hydrogen-bond donors (Lipinski definition) is 1. The summed E-state index contributed by atoms with van der Waals surface area (Å²) in [5.41, 5.74) is 0.523. The molecule has 1 heterocycles. The van der Waals surface area contributed by atoms with Crippen LogP contribution in [0, 0.1) is 10.1 Å². The number of nitro groups is 1. The third kappa shape index (κ3) is 3.18. The first-order valence-electron chi connectivity index (χ1n) is 6.21. The van der Waals surface area contributed by atoms with Crippen LogP contribution in [0.2, 0.25) is 5.02 Å². The summed E-state index contributed by atoms with van der Waals surface area (Å²) in [7, 11) is 1.89. The van der Waals surface area contributed by atoms with Crippen molar-refractivity contribution in [2.24, 2.45) is 0 Å². The topological polar surface area (TPSA) is 68.3 Å². The van der Waals surface area contributed by atoms with E-state index in [-0.39, 0.29) is 10.7 Å². The van der Waals surface area contributed by atoms with Crippen molar-refractivity contribution in [3.05, 3.63) is 51.2 Å². The second kappa shape index (κ2) is 6.07. The van der Waals surface area contributed by atoms with Gasteiger partial charge in [0.2, 0.25) is 0 Å². The molecule has 0 spiro atoms. The van der Waals surface area contributed by atoms with E-state index >= 15 is 0 Å². The number of halogens is 1. The molecule has 6 heteroatoms. The molecule has 20 heavy (non-hydrogen) atoms. The normalized spacial score (nSPS) is 12.3. The minimum Gasteiger partial charge on any atom is -0.461 e. The summed E-state index contributed by atoms with van der Waals surface area (Å²) >= 11 is 5.79. The fourth-order valence-corrected chi connectivity index (χ4v) is 2.04. The number of hydrogen-bond acceptors (Lipinski definition) is 4. The van der Waals surface area contributed by atoms with E-state index in [1.54, 1.807) is 6.07 Å². The number of nitrogens with zero attached hydrogens (tertiary/aromatic N) is 1. The Hall–Kier alpha value is -1.85. The van der Waals surface area contributed by atoms with Gasteiger partial charge in [-0.3, -0.25) is 10.1 Å². The Morgan fingerprint density at radius 2 is 2.15 bits per heavy atom. The first kappa shape index (κ1) is 14.6. The van der Waals surface area contributed by atoms with Gasteiger partial charge in [-0.25, -0.2) is 0 Å². The van der Waals surface area contributed by atoms with Crippen LogP contribution in [0.5, 0.6) is 0 Å². The molecule has 0 amide bonds. The van der Waals surface area contributed by atoms with E-state index in [2.05, 4.69) is 12.2 Å². The van der Waals surface area contributed by atoms with E-state index in [9.17, 15) is 10.1 Å². The maximum Gasteiger partial charge on any atom is 0.288 e. The van der Waals surface area contributed by atoms with Crippen molar-refractivity contribution in [1.29, 1.82) is 0 Å². The molecule has 5 nitrogen and oxygen atoms in total. The van der Waals surface area contributed by atoms with Crippen LogP contribution in [0.15, 0.2) is 34.7 Å². The van der Waals surface area contributed by atoms with Crippen molar-refractivity contribution in [3.8, 4) is 11.3 Å². The summed E-state index contributed by atoms with van der Waals surface area (Å²) in [6.45, 7) is 2.05. The van der Waals surface area contributed by atoms with Gasteiger partial charge in [0.15, 0.2) is 0 Å². The van der Waals surface area contributed by atoms with Gasteiger partial charge in [-0.15, -0.1) is 0 Å². The first-order chi connectivity index (χ1) is 9.51. The van der Waals surface area contributed by atoms with Gasteiger partial charge >= 0.3 is 0 Å². The summed E-state index contributed by atoms with van der Waals surface area (Å²) in [5, 5.41) is 14.1. The van der Waals surface area contributed by atoms with Crippen LogP contribution in [-0.2, 0) is 6.42 Å². The molecule has 0 bridgehead atoms. The van der Waals surface area contributed by atoms with E-state index in [1.165, 1.54) is 12.1 Å². The van der Waals surface area contributed by atoms with Crippen LogP contribution in [0.4, 0.5) is 5.69 Å². The first-order valence-corrected chi connectivity index (χ1v) is 6.59. The zero-order valence-electron chi connectivity index (χ0n) is 11.2. The Labute approximate surface area is 121 Å². The van der Waals surface area contributed by atoms with Crippen LogP contribution in [0.3, 0.4) is 0 Å². The van der Waals surface area contributed by atoms with Crippen molar-refractivity contribution in [2.75, 3.05) is 7.05 Å². The lowest BCUT2D eigenvalue weighted by molar-refractivity contribution is -0.384. The predicted octanol–water partition coefficient (Wildman–Crippen LogP) is 3.66. The van der Waals surface area contributed by atoms with Crippen molar-refractivity contribution in [2.45, 2.75) is 19.4 Å². The molecule has 2 rings (SSSR count). The number of nitrogens with one attached hydrogen (secondary N) is 1. The van der Waals surface area contributed by atoms with Crippen LogP contribution in [0.25, 0.3) is 11.3 Å². The lowest BCUT2D eigenvalue weighted by Gasteiger charge is -2.06. The van der Waals surface area contributed by atoms with Gasteiger partial charge in [-0.05, 0) is 38.2 Å². The zero-order chi connectivity index (χ0) is 14.7. The summed E-state index contributed by atoms with van der Waals surface area (Å²) < 4.78 is 5.71. The van der Waals surface area contributed by atoms with E-state index in [4.69, 9.17) is 16.0 Å². The van der Waals surface area contributed by atoms with Gasteiger partial charge in [-0.2, -0.15) is 0 Å². The molecule has 0 saturated carbocycles. The van der Waals surface area contributed by atoms with Crippen LogP contribution in [0.1, 0.15) is 12.7 Å². The lowest BCUT2D eigenvalue weighted by atomic mass is 10.1. The van der Waals surface area contributed by atoms with Gasteiger partial charge in [0.05, 0.1) is 4.92 Å². The molecule has 1 atom stereocenters. The molecular weight excluding hydrogens is 280 g/mol. The molecule has 0 saturated heterocycles. The molecule has 1 unspecified atom stereocenters. The number of nitro benzene ring substituents is 1. The van der Waals surface area contributed by atoms with Crippen molar-refractivity contribution in [3.63, 3.8) is 0 Å². The highest BCUT2D eigenvalue weighted by Crippen LogP contribution is 2.31. The molecule has 0 fully saturated rings. The number of benzene rings is 1. The van der Waals surface area contributed by atoms with E-state index in [1.807, 2.05) is 19.2 Å². The van der Waals surface area contributed by atoms with Gasteiger partial charge in [0.1, 0.15) is 16.5 Å². The Morgan fingerprint density at radius 3 is 2.80 bits per heavy atom. The minimum absolute atomic E-state index is 0.120. The number of furan rings is 1. The van der Waals surface area contributed by atoms with Crippen molar-refractivity contribution >= 4 is 17.3 Å². The minimum atomic E-state index is -0.501. The smallest absolute Gasteiger partial charge is 0.288 e. The predicted molar refractivity (Wildman–Crippen MR) is 78.0 cm³/mol. The van der Waals surface area contributed by atoms with Crippen molar-refractivity contribution in [1.82, 2.24) is 5.32 Å². The average Bonchev–Trinajstić information content (AvgIpc) is 2.87. The molecule has 0 aliphatic carbocycles. The van der Waals surface area contributed by atoms with Crippen molar-refractivity contribution < 1.29 is 9.34 Å². The Bertz CT molecular complexity index is 625. The average molecular weight is 295 g/mol. The fourth-order valence-electron chi connectivity index (χ4n) is 1.85. The highest BCUT2D eigenvalue weighted by molar-refractivity contribution is 6.32. The van der Waals surface area contributed by atoms with E-state index in [0.29, 0.717) is 17.4 Å². The molecule has 1 N–H and O–H groups in total. The molecule has 106 valence electrons. The van der Waals surface area contributed by atoms with E-state index < -0.39 is 4.92 Å². The molecule has 2 aromatic rings. The lowest BCUT2D eigenvalue weighted by Crippen LogP contribution is -2.23. The highest BCUT2D eigenvalue weighted by Gasteiger charge is 2.15. The largest absolute Gasteiger partial charge is 0.461 e. The van der Waals surface area contributed by atoms with E-state index in [0.717, 1.165) is 12.2 Å². The highest BCUT2D eigenvalue weighted by atomic mass is 35.5. The maximum absolute atomic E-state index is 10.9. The molecule has 0 aliphatic rings. The van der Waals surface area contributed by atoms with Gasteiger partial charge < -0.3 is 9.73 Å². The monoisotopic (exact) mass is 294 g/mol. The molecule has 0 aliphatic heterocycles. The number of rotatable bonds is 5. The van der Waals surface area contributed by atoms with Crippen LogP contribution in [-0.4, -0.2) is 18.0 Å². The summed E-state index contributed by atoms with van der Waals surface area (Å²) in [5.74, 6) is 1.43. The summed E-state index contributed by atoms with van der Waals surface area (Å²) in [6, 6.07) is 8.63. The molecule has 1 aromatic heterocycles. The van der Waals surface area contributed by atoms with Crippen LogP contribution < -0.4 is 5.32 Å². The second-order valence-corrected chi connectivity index (χ2v) is 4.99. The number of likely N-dealkylation sites (N-methyl/N-ethyl adjacent to an activating group) is 1. The molecule has 1 aromatic carbocycles. The third-order valence-corrected chi connectivity index (χ3v) is 3.41. The van der Waals surface area contributed by atoms with Gasteiger partial charge in [0.25, 0.3) is 5.69 Å². The summed E-state index contributed by atoms with van der Waals surface area (Å²) in [6.07, 6.45) is 0.756. The fraction of sp³-hybridized carbons (Fsp3) is 0.286. The SMILES string of the molecule is CNC(C)Cc1ccc(-c2ccc(Cl)c([N+](=O)[O-])c2)o1. The Morgan fingerprint density at radius 1 is 1.40 bits per heavy atom. The van der Waals surface area contributed by atoms with Crippen LogP contribution >= 0.6 is 11.6 Å². The summed E-state index contributed by atoms with van der Waals surface area (Å²) in [4.78, 5) is 10.4. The Kier molecular flexibility index (Phi) is 4.42. The third-order valence-electron chi connectivity index (χ3n) is 3.09. The molecule has 0 radical (unpaired) electrons. The van der Waals surface area contributed by atoms with Gasteiger partial charge in [0, 0.05) is 24.1 Å². The standard InChI is InChI=1S/C14H15ClN2O3/c1-9(16-2)7-11-4-6-14(20-11)10-3-5-12(15)13(8-10)17(18)19/h3-6,8-9,16H,7H2,1-2H3. The molecular formula is C14H15ClN2O3. The maximum atomic E-state index is 10.9. The second-order valence-electron chi connectivity index (χ2n) is 4.58. The quantitative estimate of drug-likeness (QED) is 0.675.